The van der Waals surface area contributed by atoms with Crippen LogP contribution in [0, 0.1) is 53.3 Å². The average Bonchev–Trinajstić information content (AvgIpc) is 3.56. The molecular formula is C34H52Si. The van der Waals surface area contributed by atoms with Crippen molar-refractivity contribution in [1.82, 2.24) is 0 Å². The molecule has 0 spiro atoms. The zero-order valence-corrected chi connectivity index (χ0v) is 24.0. The topological polar surface area (TPSA) is 0 Å². The van der Waals surface area contributed by atoms with Gasteiger partial charge in [0.1, 0.15) is 0 Å². The Morgan fingerprint density at radius 2 is 1.17 bits per heavy atom. The lowest BCUT2D eigenvalue weighted by molar-refractivity contribution is 0.120. The van der Waals surface area contributed by atoms with E-state index in [0.29, 0.717) is 0 Å². The molecule has 1 aromatic rings. The van der Waals surface area contributed by atoms with E-state index < -0.39 is 8.07 Å². The second-order valence-electron chi connectivity index (χ2n) is 15.2. The van der Waals surface area contributed by atoms with Crippen LogP contribution in [-0.2, 0) is 0 Å². The first-order chi connectivity index (χ1) is 17.1. The second-order valence-corrected chi connectivity index (χ2v) is 20.1. The van der Waals surface area contributed by atoms with E-state index in [1.807, 2.05) is 0 Å². The summed E-state index contributed by atoms with van der Waals surface area (Å²) in [5.41, 5.74) is 3.96. The Bertz CT molecular complexity index is 867. The average molecular weight is 489 g/mol. The quantitative estimate of drug-likeness (QED) is 0.371. The Balaban J connectivity index is 1.25. The van der Waals surface area contributed by atoms with Crippen LogP contribution in [0.5, 0.6) is 0 Å². The number of hydrogen-bond donors (Lipinski definition) is 0. The predicted molar refractivity (Wildman–Crippen MR) is 151 cm³/mol. The molecule has 0 N–H and O–H groups in total. The first-order valence-electron chi connectivity index (χ1n) is 16.1. The molecule has 6 saturated carbocycles. The van der Waals surface area contributed by atoms with E-state index in [9.17, 15) is 0 Å². The lowest BCUT2D eigenvalue weighted by atomic mass is 9.62. The molecule has 0 amide bonds. The van der Waals surface area contributed by atoms with Gasteiger partial charge in [-0.15, -0.1) is 0 Å². The van der Waals surface area contributed by atoms with Crippen LogP contribution in [0.1, 0.15) is 102 Å². The van der Waals surface area contributed by atoms with Crippen LogP contribution in [-0.4, -0.2) is 8.07 Å². The molecule has 192 valence electrons. The molecule has 0 aromatic heterocycles. The molecule has 11 atom stereocenters. The van der Waals surface area contributed by atoms with Crippen molar-refractivity contribution in [3.05, 3.63) is 35.9 Å². The maximum atomic E-state index is 2.96. The third kappa shape index (κ3) is 3.63. The van der Waals surface area contributed by atoms with Crippen molar-refractivity contribution in [2.45, 2.75) is 120 Å². The van der Waals surface area contributed by atoms with Gasteiger partial charge in [0.25, 0.3) is 0 Å². The Morgan fingerprint density at radius 3 is 1.83 bits per heavy atom. The number of fused-ring (bicyclic) bond motifs is 5. The molecule has 35 heavy (non-hydrogen) atoms. The highest BCUT2D eigenvalue weighted by molar-refractivity contribution is 6.80. The molecule has 0 heterocycles. The van der Waals surface area contributed by atoms with Gasteiger partial charge >= 0.3 is 0 Å². The predicted octanol–water partition coefficient (Wildman–Crippen LogP) is 9.94. The molecule has 6 aliphatic rings. The third-order valence-electron chi connectivity index (χ3n) is 13.6. The van der Waals surface area contributed by atoms with Crippen molar-refractivity contribution in [1.29, 1.82) is 0 Å². The minimum atomic E-state index is -1.40. The molecule has 7 rings (SSSR count). The third-order valence-corrected chi connectivity index (χ3v) is 18.9. The second kappa shape index (κ2) is 9.02. The zero-order valence-electron chi connectivity index (χ0n) is 23.0. The molecule has 11 unspecified atom stereocenters. The van der Waals surface area contributed by atoms with Gasteiger partial charge in [-0.2, -0.15) is 0 Å². The molecule has 0 radical (unpaired) electrons. The smallest absolute Gasteiger partial charge is 0.0547 e. The summed E-state index contributed by atoms with van der Waals surface area (Å²) in [7, 11) is -1.40. The van der Waals surface area contributed by atoms with Gasteiger partial charge in [-0.05, 0) is 108 Å². The number of benzene rings is 1. The van der Waals surface area contributed by atoms with Gasteiger partial charge in [-0.1, -0.05) is 102 Å². The van der Waals surface area contributed by atoms with Gasteiger partial charge in [-0.25, -0.2) is 0 Å². The van der Waals surface area contributed by atoms with E-state index in [-0.39, 0.29) is 0 Å². The van der Waals surface area contributed by atoms with Crippen molar-refractivity contribution in [3.63, 3.8) is 0 Å². The highest BCUT2D eigenvalue weighted by Crippen LogP contribution is 2.70. The minimum Gasteiger partial charge on any atom is -0.0689 e. The summed E-state index contributed by atoms with van der Waals surface area (Å²) in [6.45, 7) is 8.66. The largest absolute Gasteiger partial charge is 0.0689 e. The zero-order chi connectivity index (χ0) is 23.7. The molecule has 0 nitrogen and oxygen atoms in total. The molecular weight excluding hydrogens is 436 g/mol. The molecule has 6 aliphatic carbocycles. The minimum absolute atomic E-state index is 0.869. The molecule has 1 aromatic carbocycles. The van der Waals surface area contributed by atoms with E-state index in [0.717, 1.165) is 70.3 Å². The monoisotopic (exact) mass is 488 g/mol. The lowest BCUT2D eigenvalue weighted by Crippen LogP contribution is -2.48. The first kappa shape index (κ1) is 23.5. The van der Waals surface area contributed by atoms with Crippen molar-refractivity contribution in [2.75, 3.05) is 0 Å². The van der Waals surface area contributed by atoms with Crippen LogP contribution in [0.3, 0.4) is 0 Å². The fourth-order valence-electron chi connectivity index (χ4n) is 13.1. The first-order valence-corrected chi connectivity index (χ1v) is 19.3. The molecule has 0 aliphatic heterocycles. The number of rotatable bonds is 3. The molecule has 0 saturated heterocycles. The Hall–Kier alpha value is -0.563. The number of hydrogen-bond acceptors (Lipinski definition) is 0. The molecule has 6 fully saturated rings. The summed E-state index contributed by atoms with van der Waals surface area (Å²) in [5.74, 6) is 10.4. The van der Waals surface area contributed by atoms with Crippen molar-refractivity contribution in [2.24, 2.45) is 53.3 Å². The fourth-order valence-corrected chi connectivity index (χ4v) is 19.7. The van der Waals surface area contributed by atoms with Crippen molar-refractivity contribution < 1.29 is 0 Å². The van der Waals surface area contributed by atoms with Crippen LogP contribution in [0.25, 0.3) is 0 Å². The SMILES string of the molecule is CC1CC2C(CC3CCCC3C2c2ccccc2)C1[Si](C)(C)C1C2CCCCC2C2CCCCC21. The van der Waals surface area contributed by atoms with Crippen molar-refractivity contribution >= 4 is 8.07 Å². The summed E-state index contributed by atoms with van der Waals surface area (Å²) in [6.07, 6.45) is 20.3. The lowest BCUT2D eigenvalue weighted by Gasteiger charge is -2.51. The van der Waals surface area contributed by atoms with Crippen LogP contribution < -0.4 is 0 Å². The van der Waals surface area contributed by atoms with Crippen LogP contribution in [0.2, 0.25) is 24.2 Å². The van der Waals surface area contributed by atoms with Gasteiger partial charge in [-0.3, -0.25) is 0 Å². The van der Waals surface area contributed by atoms with E-state index in [1.165, 1.54) is 12.8 Å². The summed E-state index contributed by atoms with van der Waals surface area (Å²) >= 11 is 0. The fraction of sp³-hybridized carbons (Fsp3) is 0.824. The van der Waals surface area contributed by atoms with Crippen molar-refractivity contribution in [3.8, 4) is 0 Å². The van der Waals surface area contributed by atoms with Gasteiger partial charge in [0.05, 0.1) is 8.07 Å². The Kier molecular flexibility index (Phi) is 6.07. The van der Waals surface area contributed by atoms with E-state index in [1.54, 1.807) is 76.2 Å². The Morgan fingerprint density at radius 1 is 0.571 bits per heavy atom. The van der Waals surface area contributed by atoms with Gasteiger partial charge < -0.3 is 0 Å². The van der Waals surface area contributed by atoms with Crippen LogP contribution in [0.4, 0.5) is 0 Å². The van der Waals surface area contributed by atoms with E-state index >= 15 is 0 Å². The summed E-state index contributed by atoms with van der Waals surface area (Å²) < 4.78 is 0. The summed E-state index contributed by atoms with van der Waals surface area (Å²) in [4.78, 5) is 0. The highest BCUT2D eigenvalue weighted by atomic mass is 28.3. The maximum Gasteiger partial charge on any atom is 0.0547 e. The van der Waals surface area contributed by atoms with Crippen LogP contribution in [0.15, 0.2) is 30.3 Å². The summed E-state index contributed by atoms with van der Waals surface area (Å²) in [5, 5.41) is 0. The van der Waals surface area contributed by atoms with Gasteiger partial charge in [0.2, 0.25) is 0 Å². The summed E-state index contributed by atoms with van der Waals surface area (Å²) in [6, 6.07) is 11.9. The molecule has 1 heteroatoms. The standard InChI is InChI=1S/C34H52Si/c1-22-20-30-31(21-24-14-11-19-25(24)32(30)23-12-5-4-6-13-23)33(22)35(2,3)34-28-17-9-7-15-26(28)27-16-8-10-18-29(27)34/h4-6,12-13,22,24-34H,7-11,14-21H2,1-3H3. The van der Waals surface area contributed by atoms with E-state index in [4.69, 9.17) is 0 Å². The van der Waals surface area contributed by atoms with Gasteiger partial charge in [0, 0.05) is 0 Å². The van der Waals surface area contributed by atoms with Crippen LogP contribution >= 0.6 is 0 Å². The maximum absolute atomic E-state index is 2.96. The van der Waals surface area contributed by atoms with E-state index in [2.05, 4.69) is 50.3 Å². The highest BCUT2D eigenvalue weighted by Gasteiger charge is 2.63. The van der Waals surface area contributed by atoms with Gasteiger partial charge in [0.15, 0.2) is 0 Å². The Labute approximate surface area is 217 Å². The normalized spacial score (nSPS) is 49.2. The molecule has 0 bridgehead atoms.